The van der Waals surface area contributed by atoms with Gasteiger partial charge in [-0.3, -0.25) is 14.5 Å². The van der Waals surface area contributed by atoms with Crippen molar-refractivity contribution in [3.05, 3.63) is 22.4 Å². The molecule has 3 rings (SSSR count). The summed E-state index contributed by atoms with van der Waals surface area (Å²) in [4.78, 5) is 27.1. The predicted molar refractivity (Wildman–Crippen MR) is 75.4 cm³/mol. The molecule has 20 heavy (non-hydrogen) atoms. The van der Waals surface area contributed by atoms with E-state index in [0.717, 1.165) is 19.6 Å². The first-order valence-corrected chi connectivity index (χ1v) is 7.84. The number of carboxylic acid groups (broad SMARTS) is 1. The van der Waals surface area contributed by atoms with Gasteiger partial charge in [-0.2, -0.15) is 11.3 Å². The number of thiophene rings is 1. The molecule has 1 aromatic heterocycles. The van der Waals surface area contributed by atoms with E-state index in [4.69, 9.17) is 5.11 Å². The van der Waals surface area contributed by atoms with E-state index in [-0.39, 0.29) is 11.8 Å². The smallest absolute Gasteiger partial charge is 0.307 e. The van der Waals surface area contributed by atoms with Gasteiger partial charge in [-0.05, 0) is 28.8 Å². The molecule has 6 heteroatoms. The van der Waals surface area contributed by atoms with E-state index in [1.807, 2.05) is 4.90 Å². The Labute approximate surface area is 121 Å². The van der Waals surface area contributed by atoms with Crippen molar-refractivity contribution < 1.29 is 14.7 Å². The van der Waals surface area contributed by atoms with Crippen LogP contribution in [0.5, 0.6) is 0 Å². The number of piperazine rings is 1. The number of hydrogen-bond acceptors (Lipinski definition) is 4. The van der Waals surface area contributed by atoms with Crippen LogP contribution < -0.4 is 0 Å². The number of aliphatic carboxylic acids is 1. The molecular formula is C14H18N2O3S. The molecule has 1 aromatic rings. The largest absolute Gasteiger partial charge is 0.481 e. The van der Waals surface area contributed by atoms with Gasteiger partial charge in [-0.25, -0.2) is 0 Å². The zero-order valence-corrected chi connectivity index (χ0v) is 12.0. The normalized spacial score (nSPS) is 26.5. The number of amides is 1. The van der Waals surface area contributed by atoms with Crippen molar-refractivity contribution in [2.75, 3.05) is 26.2 Å². The van der Waals surface area contributed by atoms with Crippen molar-refractivity contribution in [2.24, 2.45) is 11.8 Å². The van der Waals surface area contributed by atoms with Crippen molar-refractivity contribution in [2.45, 2.75) is 13.0 Å². The van der Waals surface area contributed by atoms with Gasteiger partial charge in [0.05, 0.1) is 11.8 Å². The quantitative estimate of drug-likeness (QED) is 0.904. The molecule has 0 aromatic carbocycles. The number of carbonyl (C=O) groups excluding carboxylic acids is 1. The molecule has 2 heterocycles. The summed E-state index contributed by atoms with van der Waals surface area (Å²) in [5, 5.41) is 13.1. The number of hydrogen-bond donors (Lipinski definition) is 1. The highest BCUT2D eigenvalue weighted by atomic mass is 32.1. The maximum absolute atomic E-state index is 12.1. The Morgan fingerprint density at radius 3 is 2.55 bits per heavy atom. The summed E-state index contributed by atoms with van der Waals surface area (Å²) in [5.74, 6) is -1.51. The average Bonchev–Trinajstić information content (AvgIpc) is 3.10. The SMILES string of the molecule is O=C(O)[C@H]1C[C@H]1C(=O)N1CCN(Cc2ccsc2)CC1. The molecule has 1 aliphatic carbocycles. The molecule has 1 saturated heterocycles. The van der Waals surface area contributed by atoms with Crippen molar-refractivity contribution in [1.29, 1.82) is 0 Å². The Morgan fingerprint density at radius 1 is 1.25 bits per heavy atom. The zero-order chi connectivity index (χ0) is 14.1. The van der Waals surface area contributed by atoms with Crippen molar-refractivity contribution in [1.82, 2.24) is 9.80 Å². The van der Waals surface area contributed by atoms with E-state index in [2.05, 4.69) is 21.7 Å². The van der Waals surface area contributed by atoms with Crippen molar-refractivity contribution in [3.8, 4) is 0 Å². The monoisotopic (exact) mass is 294 g/mol. The van der Waals surface area contributed by atoms with Crippen molar-refractivity contribution >= 4 is 23.2 Å². The van der Waals surface area contributed by atoms with Crippen molar-refractivity contribution in [3.63, 3.8) is 0 Å². The molecule has 5 nitrogen and oxygen atoms in total. The highest BCUT2D eigenvalue weighted by molar-refractivity contribution is 7.07. The first-order valence-electron chi connectivity index (χ1n) is 6.90. The van der Waals surface area contributed by atoms with Gasteiger partial charge in [0, 0.05) is 32.7 Å². The molecule has 2 atom stereocenters. The first-order chi connectivity index (χ1) is 9.65. The fraction of sp³-hybridized carbons (Fsp3) is 0.571. The molecule has 0 unspecified atom stereocenters. The summed E-state index contributed by atoms with van der Waals surface area (Å²) >= 11 is 1.70. The van der Waals surface area contributed by atoms with Gasteiger partial charge in [0.2, 0.25) is 5.91 Å². The third-order valence-electron chi connectivity index (χ3n) is 4.10. The van der Waals surface area contributed by atoms with Crippen LogP contribution in [-0.2, 0) is 16.1 Å². The average molecular weight is 294 g/mol. The minimum Gasteiger partial charge on any atom is -0.481 e. The van der Waals surface area contributed by atoms with E-state index < -0.39 is 11.9 Å². The molecular weight excluding hydrogens is 276 g/mol. The number of rotatable bonds is 4. The molecule has 0 spiro atoms. The lowest BCUT2D eigenvalue weighted by atomic mass is 10.2. The van der Waals surface area contributed by atoms with Crippen LogP contribution in [0.4, 0.5) is 0 Å². The van der Waals surface area contributed by atoms with Gasteiger partial charge in [-0.1, -0.05) is 0 Å². The Kier molecular flexibility index (Phi) is 3.76. The third kappa shape index (κ3) is 2.86. The standard InChI is InChI=1S/C14H18N2O3S/c17-13(11-7-12(11)14(18)19)16-4-2-15(3-5-16)8-10-1-6-20-9-10/h1,6,9,11-12H,2-5,7-8H2,(H,18,19)/t11-,12+/m1/s1. The molecule has 108 valence electrons. The lowest BCUT2D eigenvalue weighted by molar-refractivity contribution is -0.142. The summed E-state index contributed by atoms with van der Waals surface area (Å²) in [5.41, 5.74) is 1.32. The predicted octanol–water partition coefficient (Wildman–Crippen LogP) is 1.11. The molecule has 2 aliphatic rings. The molecule has 0 radical (unpaired) electrons. The zero-order valence-electron chi connectivity index (χ0n) is 11.2. The number of carboxylic acids is 1. The van der Waals surface area contributed by atoms with Gasteiger partial charge in [-0.15, -0.1) is 0 Å². The Bertz CT molecular complexity index is 495. The summed E-state index contributed by atoms with van der Waals surface area (Å²) in [6.45, 7) is 4.10. The summed E-state index contributed by atoms with van der Waals surface area (Å²) in [7, 11) is 0. The lowest BCUT2D eigenvalue weighted by Gasteiger charge is -2.34. The molecule has 1 saturated carbocycles. The van der Waals surface area contributed by atoms with E-state index in [1.54, 1.807) is 11.3 Å². The summed E-state index contributed by atoms with van der Waals surface area (Å²) in [6, 6.07) is 2.13. The minimum absolute atomic E-state index is 0.0348. The van der Waals surface area contributed by atoms with Crippen LogP contribution in [0.15, 0.2) is 16.8 Å². The first kappa shape index (κ1) is 13.6. The van der Waals surface area contributed by atoms with Crippen LogP contribution in [0.2, 0.25) is 0 Å². The van der Waals surface area contributed by atoms with Gasteiger partial charge in [0.1, 0.15) is 0 Å². The number of carbonyl (C=O) groups is 2. The van der Waals surface area contributed by atoms with Crippen LogP contribution in [0, 0.1) is 11.8 Å². The second kappa shape index (κ2) is 5.54. The Morgan fingerprint density at radius 2 is 2.00 bits per heavy atom. The van der Waals surface area contributed by atoms with Crippen LogP contribution >= 0.6 is 11.3 Å². The minimum atomic E-state index is -0.834. The molecule has 1 aliphatic heterocycles. The van der Waals surface area contributed by atoms with Crippen LogP contribution in [-0.4, -0.2) is 53.0 Å². The second-order valence-corrected chi connectivity index (χ2v) is 6.30. The maximum atomic E-state index is 12.1. The van der Waals surface area contributed by atoms with Crippen LogP contribution in [0.3, 0.4) is 0 Å². The summed E-state index contributed by atoms with van der Waals surface area (Å²) < 4.78 is 0. The van der Waals surface area contributed by atoms with Gasteiger partial charge in [0.25, 0.3) is 0 Å². The highest BCUT2D eigenvalue weighted by Crippen LogP contribution is 2.40. The topological polar surface area (TPSA) is 60.9 Å². The molecule has 2 fully saturated rings. The number of nitrogens with zero attached hydrogens (tertiary/aromatic N) is 2. The Hall–Kier alpha value is -1.40. The van der Waals surface area contributed by atoms with Crippen LogP contribution in [0.25, 0.3) is 0 Å². The summed E-state index contributed by atoms with van der Waals surface area (Å²) in [6.07, 6.45) is 0.517. The van der Waals surface area contributed by atoms with E-state index in [1.165, 1.54) is 5.56 Å². The second-order valence-electron chi connectivity index (χ2n) is 5.52. The van der Waals surface area contributed by atoms with Gasteiger partial charge < -0.3 is 10.0 Å². The molecule has 1 N–H and O–H groups in total. The third-order valence-corrected chi connectivity index (χ3v) is 4.83. The Balaban J connectivity index is 1.47. The molecule has 0 bridgehead atoms. The lowest BCUT2D eigenvalue weighted by Crippen LogP contribution is -2.49. The van der Waals surface area contributed by atoms with E-state index in [9.17, 15) is 9.59 Å². The van der Waals surface area contributed by atoms with E-state index >= 15 is 0 Å². The fourth-order valence-electron chi connectivity index (χ4n) is 2.74. The van der Waals surface area contributed by atoms with Crippen LogP contribution in [0.1, 0.15) is 12.0 Å². The maximum Gasteiger partial charge on any atom is 0.307 e. The molecule has 1 amide bonds. The van der Waals surface area contributed by atoms with E-state index in [0.29, 0.717) is 19.5 Å². The highest BCUT2D eigenvalue weighted by Gasteiger charge is 2.49. The fourth-order valence-corrected chi connectivity index (χ4v) is 3.40. The van der Waals surface area contributed by atoms with Gasteiger partial charge >= 0.3 is 5.97 Å². The van der Waals surface area contributed by atoms with Gasteiger partial charge in [0.15, 0.2) is 0 Å².